The van der Waals surface area contributed by atoms with Gasteiger partial charge in [0.05, 0.1) is 46.0 Å². The van der Waals surface area contributed by atoms with Crippen molar-refractivity contribution in [1.82, 2.24) is 4.98 Å². The first-order valence-electron chi connectivity index (χ1n) is 12.0. The molecule has 0 N–H and O–H groups in total. The fourth-order valence-electron chi connectivity index (χ4n) is 4.88. The van der Waals surface area contributed by atoms with Gasteiger partial charge in [-0.1, -0.05) is 36.4 Å². The van der Waals surface area contributed by atoms with Crippen LogP contribution >= 0.6 is 25.5 Å². The molecule has 0 saturated heterocycles. The van der Waals surface area contributed by atoms with Crippen molar-refractivity contribution < 1.29 is 22.0 Å². The van der Waals surface area contributed by atoms with Crippen molar-refractivity contribution in [3.8, 4) is 0 Å². The molecule has 1 aromatic heterocycles. The molecule has 3 rings (SSSR count). The maximum absolute atomic E-state index is 7.50. The molecule has 2 nitrogen and oxygen atoms in total. The molecule has 188 valence electrons. The van der Waals surface area contributed by atoms with Gasteiger partial charge in [-0.2, -0.15) is 0 Å². The number of fused-ring (bicyclic) bond motifs is 2. The van der Waals surface area contributed by atoms with Crippen molar-refractivity contribution in [2.75, 3.05) is 0 Å². The molecule has 0 aliphatic rings. The van der Waals surface area contributed by atoms with E-state index >= 15 is 0 Å². The van der Waals surface area contributed by atoms with E-state index in [1.165, 1.54) is 45.3 Å². The van der Waals surface area contributed by atoms with Crippen LogP contribution in [0.1, 0.15) is 66.5 Å². The van der Waals surface area contributed by atoms with Crippen LogP contribution in [0, 0.1) is 6.65 Å². The second-order valence-corrected chi connectivity index (χ2v) is 17.7. The summed E-state index contributed by atoms with van der Waals surface area (Å²) in [7, 11) is 3.69. The number of rotatable bonds is 8. The Morgan fingerprint density at radius 2 is 1.03 bits per heavy atom. The molecule has 0 unspecified atom stereocenters. The first kappa shape index (κ1) is 31.7. The van der Waals surface area contributed by atoms with Gasteiger partial charge in [0.15, 0.2) is 0 Å². The van der Waals surface area contributed by atoms with Crippen molar-refractivity contribution in [3.05, 3.63) is 60.2 Å². The van der Waals surface area contributed by atoms with Crippen molar-refractivity contribution in [1.29, 1.82) is 0 Å². The fraction of sp³-hybridized carbons (Fsp3) is 0.500. The normalized spacial score (nSPS) is 11.5. The average Bonchev–Trinajstić information content (AvgIpc) is 2.81. The molecule has 6 heteroatoms. The summed E-state index contributed by atoms with van der Waals surface area (Å²) in [6, 6.07) is 16.0. The van der Waals surface area contributed by atoms with Crippen LogP contribution in [-0.2, 0) is 34.3 Å². The number of hydrogen-bond donors (Lipinski definition) is 0. The molecule has 0 spiro atoms. The monoisotopic (exact) mass is 607 g/mol. The summed E-state index contributed by atoms with van der Waals surface area (Å²) >= 11 is 1.62. The van der Waals surface area contributed by atoms with Crippen LogP contribution in [0.25, 0.3) is 21.8 Å². The second-order valence-electron chi connectivity index (χ2n) is 10.1. The number of aromatic nitrogens is 1. The Morgan fingerprint density at radius 1 is 0.706 bits per heavy atom. The van der Waals surface area contributed by atoms with E-state index in [9.17, 15) is 0 Å². The molecule has 0 aliphatic heterocycles. The van der Waals surface area contributed by atoms with Crippen LogP contribution in [0.4, 0.5) is 0 Å². The third-order valence-electron chi connectivity index (χ3n) is 6.59. The van der Waals surface area contributed by atoms with Crippen LogP contribution in [0.15, 0.2) is 42.5 Å². The molecule has 0 saturated carbocycles. The molecule has 0 bridgehead atoms. The Balaban J connectivity index is 0.00000137. The summed E-state index contributed by atoms with van der Waals surface area (Å²) in [5.41, 5.74) is 8.52. The molecule has 0 atom stereocenters. The Kier molecular flexibility index (Phi) is 14.6. The zero-order valence-electron chi connectivity index (χ0n) is 21.9. The van der Waals surface area contributed by atoms with Crippen LogP contribution in [0.2, 0.25) is 0 Å². The Bertz CT molecular complexity index is 959. The van der Waals surface area contributed by atoms with E-state index in [1.54, 1.807) is 17.3 Å². The topological polar surface area (TPSA) is 32.8 Å². The standard InChI is InChI=1S/C27H39NP2.CO.ClH.Ru.H/c1-18(2)29(19(3)4)16-24-13-9-11-22-15-23-12-10-14-25(27(23)28-26(22)24)17-30(20(5)6)21(7)8;1-2;;;/h9-15,18-21H,16-17H2,1-8H3;;1H;;/q;;;+1;/p+1. The van der Waals surface area contributed by atoms with Gasteiger partial charge in [-0.3, -0.25) is 0 Å². The van der Waals surface area contributed by atoms with E-state index in [2.05, 4.69) is 114 Å². The quantitative estimate of drug-likeness (QED) is 0.0829. The second kappa shape index (κ2) is 15.7. The van der Waals surface area contributed by atoms with Gasteiger partial charge in [-0.05, 0) is 61.5 Å². The molecule has 0 aliphatic carbocycles. The van der Waals surface area contributed by atoms with Crippen LogP contribution in [0.5, 0.6) is 0 Å². The maximum atomic E-state index is 7.50. The van der Waals surface area contributed by atoms with E-state index in [0.717, 1.165) is 22.6 Å². The summed E-state index contributed by atoms with van der Waals surface area (Å²) in [6.45, 7) is 23.7. The Hall–Kier alpha value is -0.377. The predicted octanol–water partition coefficient (Wildman–Crippen LogP) is 8.83. The number of nitrogens with zero attached hydrogens (tertiary/aromatic N) is 1. The van der Waals surface area contributed by atoms with Gasteiger partial charge in [0, 0.05) is 37.7 Å². The zero-order chi connectivity index (χ0) is 26.0. The minimum absolute atomic E-state index is 0.460. The number of hydrogen-bond acceptors (Lipinski definition) is 1. The molecular formula is C28H42ClNOP2Ru+2. The van der Waals surface area contributed by atoms with Gasteiger partial charge in [-0.15, -0.1) is 0 Å². The van der Waals surface area contributed by atoms with E-state index in [4.69, 9.17) is 9.64 Å². The molecular weight excluding hydrogens is 565 g/mol. The first-order chi connectivity index (χ1) is 16.2. The number of halogens is 1. The van der Waals surface area contributed by atoms with Gasteiger partial charge in [-0.25, -0.2) is 4.98 Å². The van der Waals surface area contributed by atoms with Crippen LogP contribution < -0.4 is 0 Å². The SMILES string of the molecule is CC(C)[PH+](Cc1cccc2cc3cccc(C[PH+](C(C)C)C(C)C)c3nc12)C(C)C.[C-]#[O+].[Cl][RuH]. The van der Waals surface area contributed by atoms with Gasteiger partial charge in [0.1, 0.15) is 0 Å². The molecule has 0 radical (unpaired) electrons. The van der Waals surface area contributed by atoms with Gasteiger partial charge >= 0.3 is 38.3 Å². The summed E-state index contributed by atoms with van der Waals surface area (Å²) in [5, 5.41) is 2.59. The van der Waals surface area contributed by atoms with E-state index in [0.29, 0.717) is 0 Å². The number of benzene rings is 2. The predicted molar refractivity (Wildman–Crippen MR) is 155 cm³/mol. The van der Waals surface area contributed by atoms with Crippen molar-refractivity contribution in [2.45, 2.75) is 90.3 Å². The zero-order valence-corrected chi connectivity index (χ0v) is 26.5. The molecule has 34 heavy (non-hydrogen) atoms. The van der Waals surface area contributed by atoms with Crippen LogP contribution in [0.3, 0.4) is 0 Å². The number of para-hydroxylation sites is 2. The summed E-state index contributed by atoms with van der Waals surface area (Å²) in [4.78, 5) is 5.35. The van der Waals surface area contributed by atoms with Crippen molar-refractivity contribution in [2.24, 2.45) is 0 Å². The molecule has 1 heterocycles. The third kappa shape index (κ3) is 8.34. The summed E-state index contributed by atoms with van der Waals surface area (Å²) in [6.07, 6.45) is 2.43. The molecule has 0 fully saturated rings. The summed E-state index contributed by atoms with van der Waals surface area (Å²) in [5.74, 6) is 0. The Labute approximate surface area is 224 Å². The van der Waals surface area contributed by atoms with E-state index in [-0.39, 0.29) is 0 Å². The molecule has 2 aromatic carbocycles. The molecule has 3 aromatic rings. The summed E-state index contributed by atoms with van der Waals surface area (Å²) < 4.78 is 7.50. The third-order valence-corrected chi connectivity index (χ3v) is 14.1. The first-order valence-corrected chi connectivity index (χ1v) is 18.2. The van der Waals surface area contributed by atoms with E-state index < -0.39 is 15.8 Å². The van der Waals surface area contributed by atoms with Gasteiger partial charge in [0.2, 0.25) is 0 Å². The minimum atomic E-state index is -0.460. The van der Waals surface area contributed by atoms with Crippen molar-refractivity contribution >= 4 is 47.3 Å². The molecule has 0 amide bonds. The fourth-order valence-corrected chi connectivity index (χ4v) is 10.6. The number of pyridine rings is 1. The van der Waals surface area contributed by atoms with Crippen LogP contribution in [-0.4, -0.2) is 27.6 Å². The van der Waals surface area contributed by atoms with E-state index in [1.807, 2.05) is 0 Å². The van der Waals surface area contributed by atoms with Crippen molar-refractivity contribution in [3.63, 3.8) is 0 Å². The van der Waals surface area contributed by atoms with Gasteiger partial charge in [0.25, 0.3) is 0 Å². The Morgan fingerprint density at radius 3 is 1.32 bits per heavy atom. The van der Waals surface area contributed by atoms with Gasteiger partial charge < -0.3 is 0 Å². The average molecular weight is 607 g/mol.